The van der Waals surface area contributed by atoms with Crippen molar-refractivity contribution in [2.24, 2.45) is 0 Å². The smallest absolute Gasteiger partial charge is 0.303 e. The highest BCUT2D eigenvalue weighted by atomic mass is 33.1. The summed E-state index contributed by atoms with van der Waals surface area (Å²) >= 11 is 0. The zero-order valence-corrected chi connectivity index (χ0v) is 19.1. The van der Waals surface area contributed by atoms with Gasteiger partial charge in [0.15, 0.2) is 23.7 Å². The van der Waals surface area contributed by atoms with Gasteiger partial charge in [-0.15, -0.1) is 0 Å². The van der Waals surface area contributed by atoms with Crippen molar-refractivity contribution in [3.8, 4) is 0 Å². The van der Waals surface area contributed by atoms with Gasteiger partial charge in [0, 0.05) is 32.6 Å². The fourth-order valence-corrected chi connectivity index (χ4v) is 5.24. The minimum Gasteiger partial charge on any atom is -0.463 e. The van der Waals surface area contributed by atoms with E-state index in [1.165, 1.54) is 49.3 Å². The van der Waals surface area contributed by atoms with E-state index in [-0.39, 0.29) is 6.61 Å². The molecule has 0 amide bonds. The molecule has 1 aromatic carbocycles. The number of benzene rings is 1. The third-order valence-corrected chi connectivity index (χ3v) is 6.50. The van der Waals surface area contributed by atoms with Crippen molar-refractivity contribution in [1.82, 2.24) is 0 Å². The van der Waals surface area contributed by atoms with Crippen molar-refractivity contribution in [1.29, 1.82) is 0 Å². The van der Waals surface area contributed by atoms with Gasteiger partial charge in [-0.05, 0) is 12.1 Å². The average molecular weight is 473 g/mol. The first-order chi connectivity index (χ1) is 14.7. The van der Waals surface area contributed by atoms with E-state index < -0.39 is 53.7 Å². The van der Waals surface area contributed by atoms with Gasteiger partial charge in [-0.2, -0.15) is 0 Å². The fourth-order valence-electron chi connectivity index (χ4n) is 2.85. The Kier molecular flexibility index (Phi) is 9.66. The zero-order valence-electron chi connectivity index (χ0n) is 17.5. The van der Waals surface area contributed by atoms with Crippen LogP contribution in [0.3, 0.4) is 0 Å². The Hall–Kier alpha value is -2.24. The van der Waals surface area contributed by atoms with Crippen LogP contribution in [0.2, 0.25) is 0 Å². The van der Waals surface area contributed by atoms with Gasteiger partial charge >= 0.3 is 23.9 Å². The van der Waals surface area contributed by atoms with Crippen molar-refractivity contribution >= 4 is 45.5 Å². The van der Waals surface area contributed by atoms with E-state index in [4.69, 9.17) is 23.7 Å². The summed E-state index contributed by atoms with van der Waals surface area (Å²) in [5.74, 6) is -2.50. The largest absolute Gasteiger partial charge is 0.463 e. The molecule has 9 nitrogen and oxygen atoms in total. The molecule has 170 valence electrons. The molecule has 0 saturated carbocycles. The molecule has 0 aromatic heterocycles. The first-order valence-corrected chi connectivity index (χ1v) is 11.6. The number of hydrogen-bond acceptors (Lipinski definition) is 11. The highest BCUT2D eigenvalue weighted by molar-refractivity contribution is 8.76. The lowest BCUT2D eigenvalue weighted by Crippen LogP contribution is -2.61. The van der Waals surface area contributed by atoms with Crippen LogP contribution >= 0.6 is 21.6 Å². The summed E-state index contributed by atoms with van der Waals surface area (Å²) in [5.41, 5.74) is -0.814. The van der Waals surface area contributed by atoms with Crippen LogP contribution in [-0.4, -0.2) is 60.3 Å². The minimum absolute atomic E-state index is 0.245. The van der Waals surface area contributed by atoms with Crippen LogP contribution in [0.1, 0.15) is 27.7 Å². The van der Waals surface area contributed by atoms with Crippen LogP contribution in [0.25, 0.3) is 0 Å². The first-order valence-electron chi connectivity index (χ1n) is 9.36. The molecule has 1 aliphatic heterocycles. The molecular weight excluding hydrogens is 448 g/mol. The van der Waals surface area contributed by atoms with Crippen LogP contribution in [0.15, 0.2) is 35.2 Å². The summed E-state index contributed by atoms with van der Waals surface area (Å²) < 4.78 is 27.2. The Balaban J connectivity index is 2.35. The van der Waals surface area contributed by atoms with Gasteiger partial charge in [0.2, 0.25) is 0 Å². The Morgan fingerprint density at radius 3 is 1.90 bits per heavy atom. The van der Waals surface area contributed by atoms with E-state index in [9.17, 15) is 19.2 Å². The summed E-state index contributed by atoms with van der Waals surface area (Å²) in [6.45, 7) is 4.56. The molecule has 1 aromatic rings. The molecule has 31 heavy (non-hydrogen) atoms. The quantitative estimate of drug-likeness (QED) is 0.316. The SMILES string of the molecule is CC(=O)OC[C@H]1O[C@@H](SSc2ccccc2)[C@@H](OC(C)=O)[C@@H](OC(C)=O)[C@@H]1OC(C)=O. The van der Waals surface area contributed by atoms with Crippen LogP contribution < -0.4 is 0 Å². The molecule has 0 N–H and O–H groups in total. The van der Waals surface area contributed by atoms with Crippen molar-refractivity contribution in [3.63, 3.8) is 0 Å². The van der Waals surface area contributed by atoms with Crippen LogP contribution in [0, 0.1) is 0 Å². The van der Waals surface area contributed by atoms with Crippen molar-refractivity contribution < 1.29 is 42.9 Å². The molecule has 2 rings (SSSR count). The molecule has 0 aliphatic carbocycles. The third-order valence-electron chi connectivity index (χ3n) is 3.93. The molecule has 1 fully saturated rings. The molecule has 5 atom stereocenters. The predicted molar refractivity (Wildman–Crippen MR) is 112 cm³/mol. The summed E-state index contributed by atoms with van der Waals surface area (Å²) in [7, 11) is 2.60. The van der Waals surface area contributed by atoms with Gasteiger partial charge in [0.25, 0.3) is 0 Å². The standard InChI is InChI=1S/C20H24O9S2/c1-11(21)25-10-16-17(26-12(2)22)18(27-13(3)23)19(28-14(4)24)20(29-16)31-30-15-8-6-5-7-9-15/h5-9,16-20H,10H2,1-4H3/t16-,17-,18+,19+,20+/m1/s1. The minimum atomic E-state index is -1.16. The van der Waals surface area contributed by atoms with Gasteiger partial charge in [-0.1, -0.05) is 39.8 Å². The highest BCUT2D eigenvalue weighted by Crippen LogP contribution is 2.42. The van der Waals surface area contributed by atoms with Crippen LogP contribution in [-0.2, 0) is 42.9 Å². The van der Waals surface area contributed by atoms with E-state index in [0.29, 0.717) is 0 Å². The second-order valence-electron chi connectivity index (χ2n) is 6.56. The van der Waals surface area contributed by atoms with Crippen molar-refractivity contribution in [2.45, 2.75) is 62.4 Å². The average Bonchev–Trinajstić information content (AvgIpc) is 2.68. The fraction of sp³-hybridized carbons (Fsp3) is 0.500. The summed E-state index contributed by atoms with van der Waals surface area (Å²) in [6, 6.07) is 9.40. The van der Waals surface area contributed by atoms with E-state index in [1.807, 2.05) is 30.3 Å². The second-order valence-corrected chi connectivity index (χ2v) is 8.93. The Bertz CT molecular complexity index is 786. The Morgan fingerprint density at radius 2 is 1.35 bits per heavy atom. The predicted octanol–water partition coefficient (Wildman–Crippen LogP) is 2.51. The number of ether oxygens (including phenoxy) is 5. The lowest BCUT2D eigenvalue weighted by molar-refractivity contribution is -0.237. The Labute approximate surface area is 187 Å². The molecular formula is C20H24O9S2. The van der Waals surface area contributed by atoms with Gasteiger partial charge < -0.3 is 23.7 Å². The summed E-state index contributed by atoms with van der Waals surface area (Å²) in [4.78, 5) is 47.5. The second kappa shape index (κ2) is 12.0. The molecule has 1 aliphatic rings. The number of esters is 4. The van der Waals surface area contributed by atoms with E-state index in [0.717, 1.165) is 4.90 Å². The van der Waals surface area contributed by atoms with E-state index >= 15 is 0 Å². The van der Waals surface area contributed by atoms with Crippen LogP contribution in [0.5, 0.6) is 0 Å². The van der Waals surface area contributed by atoms with E-state index in [1.54, 1.807) is 0 Å². The zero-order chi connectivity index (χ0) is 23.0. The maximum Gasteiger partial charge on any atom is 0.303 e. The molecule has 0 unspecified atom stereocenters. The number of carbonyl (C=O) groups is 4. The molecule has 0 radical (unpaired) electrons. The highest BCUT2D eigenvalue weighted by Gasteiger charge is 2.52. The van der Waals surface area contributed by atoms with Crippen LogP contribution in [0.4, 0.5) is 0 Å². The molecule has 1 heterocycles. The van der Waals surface area contributed by atoms with Gasteiger partial charge in [0.1, 0.15) is 12.7 Å². The summed E-state index contributed by atoms with van der Waals surface area (Å²) in [6.07, 6.45) is -4.32. The summed E-state index contributed by atoms with van der Waals surface area (Å²) in [5, 5.41) is 0. The maximum atomic E-state index is 11.8. The normalized spacial score (nSPS) is 25.2. The number of rotatable bonds is 8. The maximum absolute atomic E-state index is 11.8. The molecule has 0 bridgehead atoms. The molecule has 11 heteroatoms. The molecule has 1 saturated heterocycles. The van der Waals surface area contributed by atoms with Crippen molar-refractivity contribution in [3.05, 3.63) is 30.3 Å². The van der Waals surface area contributed by atoms with Crippen molar-refractivity contribution in [2.75, 3.05) is 6.61 Å². The lowest BCUT2D eigenvalue weighted by Gasteiger charge is -2.43. The first kappa shape index (κ1) is 25.0. The van der Waals surface area contributed by atoms with E-state index in [2.05, 4.69) is 0 Å². The monoisotopic (exact) mass is 472 g/mol. The van der Waals surface area contributed by atoms with Gasteiger partial charge in [-0.3, -0.25) is 19.2 Å². The third kappa shape index (κ3) is 8.08. The molecule has 0 spiro atoms. The number of carbonyl (C=O) groups excluding carboxylic acids is 4. The number of hydrogen-bond donors (Lipinski definition) is 0. The lowest BCUT2D eigenvalue weighted by atomic mass is 9.99. The van der Waals surface area contributed by atoms with Gasteiger partial charge in [0.05, 0.1) is 0 Å². The van der Waals surface area contributed by atoms with Gasteiger partial charge in [-0.25, -0.2) is 0 Å². The topological polar surface area (TPSA) is 114 Å². The Morgan fingerprint density at radius 1 is 0.806 bits per heavy atom.